The number of carbonyl (C=O) groups excluding carboxylic acids is 1. The van der Waals surface area contributed by atoms with Gasteiger partial charge in [-0.25, -0.2) is 8.42 Å². The van der Waals surface area contributed by atoms with Gasteiger partial charge in [-0.3, -0.25) is 9.59 Å². The van der Waals surface area contributed by atoms with Crippen LogP contribution in [0.3, 0.4) is 0 Å². The van der Waals surface area contributed by atoms with Gasteiger partial charge in [-0.1, -0.05) is 13.8 Å². The molecule has 7 nitrogen and oxygen atoms in total. The Morgan fingerprint density at radius 1 is 1.23 bits per heavy atom. The SMILES string of the molecule is CC(C)C(C(=O)N1CCC(C(=O)O)C1C)N1CCCS1(=O)=O. The number of hydrogen-bond donors (Lipinski definition) is 1. The van der Waals surface area contributed by atoms with Gasteiger partial charge in [0.15, 0.2) is 0 Å². The summed E-state index contributed by atoms with van der Waals surface area (Å²) in [6.07, 6.45) is 0.950. The van der Waals surface area contributed by atoms with Gasteiger partial charge in [0, 0.05) is 19.1 Å². The van der Waals surface area contributed by atoms with Crippen molar-refractivity contribution in [1.82, 2.24) is 9.21 Å². The van der Waals surface area contributed by atoms with Crippen molar-refractivity contribution in [1.29, 1.82) is 0 Å². The number of rotatable bonds is 4. The fourth-order valence-electron chi connectivity index (χ4n) is 3.46. The predicted molar refractivity (Wildman–Crippen MR) is 80.7 cm³/mol. The lowest BCUT2D eigenvalue weighted by Gasteiger charge is -2.34. The van der Waals surface area contributed by atoms with Crippen LogP contribution in [0.1, 0.15) is 33.6 Å². The maximum atomic E-state index is 12.9. The Labute approximate surface area is 131 Å². The number of sulfonamides is 1. The average molecular weight is 332 g/mol. The van der Waals surface area contributed by atoms with E-state index in [0.717, 1.165) is 0 Å². The molecule has 2 saturated heterocycles. The Kier molecular flexibility index (Phi) is 4.81. The van der Waals surface area contributed by atoms with Gasteiger partial charge in [-0.2, -0.15) is 4.31 Å². The summed E-state index contributed by atoms with van der Waals surface area (Å²) in [7, 11) is -3.38. The van der Waals surface area contributed by atoms with Gasteiger partial charge >= 0.3 is 5.97 Å². The summed E-state index contributed by atoms with van der Waals surface area (Å²) in [6.45, 7) is 6.10. The molecular weight excluding hydrogens is 308 g/mol. The van der Waals surface area contributed by atoms with Crippen LogP contribution in [0.5, 0.6) is 0 Å². The smallest absolute Gasteiger partial charge is 0.308 e. The summed E-state index contributed by atoms with van der Waals surface area (Å²) in [5, 5.41) is 9.18. The van der Waals surface area contributed by atoms with Crippen molar-refractivity contribution in [2.24, 2.45) is 11.8 Å². The van der Waals surface area contributed by atoms with E-state index in [1.165, 1.54) is 9.21 Å². The van der Waals surface area contributed by atoms with E-state index in [1.807, 2.05) is 13.8 Å². The highest BCUT2D eigenvalue weighted by molar-refractivity contribution is 7.89. The lowest BCUT2D eigenvalue weighted by Crippen LogP contribution is -2.53. The second kappa shape index (κ2) is 6.16. The van der Waals surface area contributed by atoms with Crippen molar-refractivity contribution >= 4 is 21.9 Å². The second-order valence-electron chi connectivity index (χ2n) is 6.47. The molecule has 2 heterocycles. The quantitative estimate of drug-likeness (QED) is 0.802. The van der Waals surface area contributed by atoms with E-state index in [2.05, 4.69) is 0 Å². The van der Waals surface area contributed by atoms with Crippen LogP contribution in [0.15, 0.2) is 0 Å². The van der Waals surface area contributed by atoms with Gasteiger partial charge in [0.25, 0.3) is 0 Å². The molecule has 2 aliphatic rings. The number of likely N-dealkylation sites (tertiary alicyclic amines) is 1. The molecule has 0 saturated carbocycles. The predicted octanol–water partition coefficient (Wildman–Crippen LogP) is 0.368. The minimum absolute atomic E-state index is 0.0802. The molecule has 1 amide bonds. The van der Waals surface area contributed by atoms with Gasteiger partial charge in [0.1, 0.15) is 6.04 Å². The third kappa shape index (κ3) is 2.99. The fraction of sp³-hybridized carbons (Fsp3) is 0.857. The van der Waals surface area contributed by atoms with Crippen molar-refractivity contribution in [3.05, 3.63) is 0 Å². The van der Waals surface area contributed by atoms with Crippen LogP contribution in [-0.4, -0.2) is 65.5 Å². The van der Waals surface area contributed by atoms with Crippen molar-refractivity contribution in [2.45, 2.75) is 45.7 Å². The molecule has 1 N–H and O–H groups in total. The van der Waals surface area contributed by atoms with Gasteiger partial charge in [0.2, 0.25) is 15.9 Å². The van der Waals surface area contributed by atoms with Gasteiger partial charge < -0.3 is 10.0 Å². The minimum Gasteiger partial charge on any atom is -0.481 e. The Hall–Kier alpha value is -1.15. The molecule has 0 radical (unpaired) electrons. The maximum Gasteiger partial charge on any atom is 0.308 e. The highest BCUT2D eigenvalue weighted by Gasteiger charge is 2.45. The molecule has 0 aromatic rings. The van der Waals surface area contributed by atoms with E-state index >= 15 is 0 Å². The van der Waals surface area contributed by atoms with Gasteiger partial charge in [0.05, 0.1) is 11.7 Å². The molecule has 2 aliphatic heterocycles. The summed E-state index contributed by atoms with van der Waals surface area (Å²) in [5.41, 5.74) is 0. The lowest BCUT2D eigenvalue weighted by atomic mass is 10.00. The van der Waals surface area contributed by atoms with E-state index in [0.29, 0.717) is 25.9 Å². The topological polar surface area (TPSA) is 95.0 Å². The minimum atomic E-state index is -3.38. The van der Waals surface area contributed by atoms with Crippen molar-refractivity contribution < 1.29 is 23.1 Å². The van der Waals surface area contributed by atoms with E-state index in [4.69, 9.17) is 0 Å². The molecule has 0 aromatic heterocycles. The Balaban J connectivity index is 2.23. The van der Waals surface area contributed by atoms with Crippen LogP contribution in [0, 0.1) is 11.8 Å². The van der Waals surface area contributed by atoms with Gasteiger partial charge in [-0.15, -0.1) is 0 Å². The maximum absolute atomic E-state index is 12.9. The van der Waals surface area contributed by atoms with E-state index in [1.54, 1.807) is 6.92 Å². The van der Waals surface area contributed by atoms with Crippen LogP contribution in [0.4, 0.5) is 0 Å². The molecule has 22 heavy (non-hydrogen) atoms. The number of nitrogens with zero attached hydrogens (tertiary/aromatic N) is 2. The Morgan fingerprint density at radius 2 is 1.86 bits per heavy atom. The van der Waals surface area contributed by atoms with Crippen LogP contribution >= 0.6 is 0 Å². The summed E-state index contributed by atoms with van der Waals surface area (Å²) < 4.78 is 25.6. The standard InChI is InChI=1S/C14H24N2O5S/c1-9(2)12(16-6-4-8-22(16,20)21)13(17)15-7-5-11(10(15)3)14(18)19/h9-12H,4-8H2,1-3H3,(H,18,19). The van der Waals surface area contributed by atoms with E-state index in [9.17, 15) is 23.1 Å². The molecular formula is C14H24N2O5S. The molecule has 0 spiro atoms. The van der Waals surface area contributed by atoms with Crippen LogP contribution < -0.4 is 0 Å². The monoisotopic (exact) mass is 332 g/mol. The fourth-order valence-corrected chi connectivity index (χ4v) is 5.28. The summed E-state index contributed by atoms with van der Waals surface area (Å²) in [4.78, 5) is 25.6. The third-order valence-corrected chi connectivity index (χ3v) is 6.62. The Morgan fingerprint density at radius 3 is 2.27 bits per heavy atom. The zero-order valence-electron chi connectivity index (χ0n) is 13.2. The first-order valence-corrected chi connectivity index (χ1v) is 9.30. The summed E-state index contributed by atoms with van der Waals surface area (Å²) >= 11 is 0. The summed E-state index contributed by atoms with van der Waals surface area (Å²) in [6, 6.07) is -1.14. The lowest BCUT2D eigenvalue weighted by molar-refractivity contribution is -0.143. The molecule has 3 atom stereocenters. The second-order valence-corrected chi connectivity index (χ2v) is 8.52. The number of amides is 1. The number of carboxylic acid groups (broad SMARTS) is 1. The van der Waals surface area contributed by atoms with Crippen molar-refractivity contribution in [3.8, 4) is 0 Å². The first-order chi connectivity index (χ1) is 10.2. The highest BCUT2D eigenvalue weighted by Crippen LogP contribution is 2.29. The first-order valence-electron chi connectivity index (χ1n) is 7.69. The molecule has 0 aromatic carbocycles. The van der Waals surface area contributed by atoms with Crippen LogP contribution in [0.25, 0.3) is 0 Å². The van der Waals surface area contributed by atoms with E-state index < -0.39 is 34.0 Å². The Bertz CT molecular complexity index is 560. The van der Waals surface area contributed by atoms with E-state index in [-0.39, 0.29) is 17.6 Å². The zero-order chi connectivity index (χ0) is 16.7. The number of hydrogen-bond acceptors (Lipinski definition) is 4. The van der Waals surface area contributed by atoms with Gasteiger partial charge in [-0.05, 0) is 25.7 Å². The molecule has 2 rings (SSSR count). The molecule has 0 bridgehead atoms. The molecule has 2 fully saturated rings. The van der Waals surface area contributed by atoms with Crippen LogP contribution in [0.2, 0.25) is 0 Å². The van der Waals surface area contributed by atoms with Crippen molar-refractivity contribution in [2.75, 3.05) is 18.8 Å². The third-order valence-electron chi connectivity index (χ3n) is 4.69. The average Bonchev–Trinajstić information content (AvgIpc) is 2.93. The largest absolute Gasteiger partial charge is 0.481 e. The normalized spacial score (nSPS) is 29.9. The highest BCUT2D eigenvalue weighted by atomic mass is 32.2. The summed E-state index contributed by atoms with van der Waals surface area (Å²) in [5.74, 6) is -1.82. The first kappa shape index (κ1) is 17.2. The zero-order valence-corrected chi connectivity index (χ0v) is 14.0. The van der Waals surface area contributed by atoms with Crippen LogP contribution in [-0.2, 0) is 19.6 Å². The molecule has 8 heteroatoms. The molecule has 0 aliphatic carbocycles. The number of carboxylic acids is 1. The molecule has 3 unspecified atom stereocenters. The number of carbonyl (C=O) groups is 2. The number of aliphatic carboxylic acids is 1. The molecule has 126 valence electrons. The van der Waals surface area contributed by atoms with Crippen molar-refractivity contribution in [3.63, 3.8) is 0 Å².